The van der Waals surface area contributed by atoms with E-state index in [2.05, 4.69) is 4.98 Å². The summed E-state index contributed by atoms with van der Waals surface area (Å²) >= 11 is 1.34. The monoisotopic (exact) mass is 321 g/mol. The van der Waals surface area contributed by atoms with Gasteiger partial charge in [-0.05, 0) is 37.4 Å². The molecule has 0 saturated heterocycles. The van der Waals surface area contributed by atoms with Crippen LogP contribution in [0, 0.1) is 0 Å². The van der Waals surface area contributed by atoms with Crippen LogP contribution in [0.4, 0.5) is 0 Å². The van der Waals surface area contributed by atoms with Crippen LogP contribution in [0.2, 0.25) is 0 Å². The molecule has 0 fully saturated rings. The quantitative estimate of drug-likeness (QED) is 0.625. The van der Waals surface area contributed by atoms with Crippen LogP contribution in [-0.2, 0) is 19.1 Å². The lowest BCUT2D eigenvalue weighted by molar-refractivity contribution is -0.156. The summed E-state index contributed by atoms with van der Waals surface area (Å²) < 4.78 is 9.72. The van der Waals surface area contributed by atoms with Crippen molar-refractivity contribution in [2.24, 2.45) is 0 Å². The van der Waals surface area contributed by atoms with Crippen LogP contribution in [0.15, 0.2) is 48.1 Å². The second-order valence-electron chi connectivity index (χ2n) is 3.98. The Bertz CT molecular complexity index is 498. The molecule has 0 radical (unpaired) electrons. The number of thiophene rings is 1. The number of hydrogen-bond donors (Lipinski definition) is 0. The third-order valence-electron chi connectivity index (χ3n) is 2.44. The van der Waals surface area contributed by atoms with E-state index in [-0.39, 0.29) is 13.2 Å². The number of carbonyl (C=O) groups excluding carboxylic acids is 2. The van der Waals surface area contributed by atoms with Gasteiger partial charge in [0, 0.05) is 17.3 Å². The minimum Gasteiger partial charge on any atom is -0.465 e. The highest BCUT2D eigenvalue weighted by atomic mass is 32.1. The van der Waals surface area contributed by atoms with Gasteiger partial charge in [-0.1, -0.05) is 12.1 Å². The molecular weight excluding hydrogens is 302 g/mol. The lowest BCUT2D eigenvalue weighted by Crippen LogP contribution is -2.25. The first-order valence-electron chi connectivity index (χ1n) is 6.92. The summed E-state index contributed by atoms with van der Waals surface area (Å²) in [5.41, 5.74) is 0. The number of carbonyl (C=O) groups is 2. The van der Waals surface area contributed by atoms with Gasteiger partial charge in [-0.2, -0.15) is 0 Å². The number of ether oxygens (including phenoxy) is 2. The van der Waals surface area contributed by atoms with Gasteiger partial charge >= 0.3 is 11.9 Å². The van der Waals surface area contributed by atoms with E-state index >= 15 is 0 Å². The van der Waals surface area contributed by atoms with Gasteiger partial charge in [-0.3, -0.25) is 14.6 Å². The van der Waals surface area contributed by atoms with Crippen molar-refractivity contribution in [3.63, 3.8) is 0 Å². The van der Waals surface area contributed by atoms with Crippen LogP contribution in [0.25, 0.3) is 0 Å². The largest absolute Gasteiger partial charge is 0.465 e. The van der Waals surface area contributed by atoms with Gasteiger partial charge in [-0.15, -0.1) is 11.3 Å². The molecule has 0 atom stereocenters. The molecule has 22 heavy (non-hydrogen) atoms. The zero-order valence-corrected chi connectivity index (χ0v) is 13.4. The Morgan fingerprint density at radius 1 is 1.05 bits per heavy atom. The Hall–Kier alpha value is -2.21. The van der Waals surface area contributed by atoms with Gasteiger partial charge < -0.3 is 9.47 Å². The van der Waals surface area contributed by atoms with Gasteiger partial charge in [0.2, 0.25) is 0 Å². The van der Waals surface area contributed by atoms with Gasteiger partial charge in [0.05, 0.1) is 13.2 Å². The summed E-state index contributed by atoms with van der Waals surface area (Å²) in [5, 5.41) is 1.81. The molecule has 0 aromatic carbocycles. The highest BCUT2D eigenvalue weighted by Gasteiger charge is 2.32. The summed E-state index contributed by atoms with van der Waals surface area (Å²) in [5.74, 6) is -2.05. The van der Waals surface area contributed by atoms with Crippen LogP contribution >= 0.6 is 11.3 Å². The third kappa shape index (κ3) is 6.05. The van der Waals surface area contributed by atoms with Crippen molar-refractivity contribution in [1.82, 2.24) is 4.98 Å². The van der Waals surface area contributed by atoms with Crippen molar-refractivity contribution in [3.05, 3.63) is 53.0 Å². The molecule has 2 aromatic rings. The minimum atomic E-state index is -0.945. The average molecular weight is 321 g/mol. The molecule has 0 aliphatic heterocycles. The fraction of sp³-hybridized carbons (Fsp3) is 0.312. The van der Waals surface area contributed by atoms with E-state index < -0.39 is 17.9 Å². The van der Waals surface area contributed by atoms with Crippen molar-refractivity contribution >= 4 is 23.3 Å². The Morgan fingerprint density at radius 3 is 1.95 bits per heavy atom. The predicted octanol–water partition coefficient (Wildman–Crippen LogP) is 3.04. The highest BCUT2D eigenvalue weighted by molar-refractivity contribution is 7.10. The van der Waals surface area contributed by atoms with Crippen LogP contribution in [0.5, 0.6) is 0 Å². The zero-order chi connectivity index (χ0) is 16.2. The molecule has 0 saturated carbocycles. The highest BCUT2D eigenvalue weighted by Crippen LogP contribution is 2.24. The molecule has 5 nitrogen and oxygen atoms in total. The SMILES string of the molecule is CCOC(=O)C(C(=O)OCC)c1cccs1.c1ccncc1. The third-order valence-corrected chi connectivity index (χ3v) is 3.38. The van der Waals surface area contributed by atoms with Gasteiger partial charge in [-0.25, -0.2) is 0 Å². The molecule has 2 heterocycles. The number of aromatic nitrogens is 1. The van der Waals surface area contributed by atoms with E-state index in [0.717, 1.165) is 0 Å². The topological polar surface area (TPSA) is 65.5 Å². The van der Waals surface area contributed by atoms with Crippen LogP contribution in [0.3, 0.4) is 0 Å². The maximum absolute atomic E-state index is 11.6. The van der Waals surface area contributed by atoms with Gasteiger partial charge in [0.1, 0.15) is 0 Å². The summed E-state index contributed by atoms with van der Waals surface area (Å²) in [6.07, 6.45) is 3.50. The first kappa shape index (κ1) is 17.8. The predicted molar refractivity (Wildman–Crippen MR) is 84.6 cm³/mol. The maximum atomic E-state index is 11.6. The van der Waals surface area contributed by atoms with Crippen molar-refractivity contribution in [1.29, 1.82) is 0 Å². The first-order chi connectivity index (χ1) is 10.7. The first-order valence-corrected chi connectivity index (χ1v) is 7.80. The molecule has 6 heteroatoms. The Kier molecular flexibility index (Phi) is 8.52. The Morgan fingerprint density at radius 2 is 1.64 bits per heavy atom. The molecule has 2 aromatic heterocycles. The smallest absolute Gasteiger partial charge is 0.325 e. The van der Waals surface area contributed by atoms with E-state index in [9.17, 15) is 9.59 Å². The number of pyridine rings is 1. The van der Waals surface area contributed by atoms with Crippen molar-refractivity contribution < 1.29 is 19.1 Å². The van der Waals surface area contributed by atoms with E-state index in [1.165, 1.54) is 11.3 Å². The van der Waals surface area contributed by atoms with E-state index in [0.29, 0.717) is 4.88 Å². The van der Waals surface area contributed by atoms with Gasteiger partial charge in [0.15, 0.2) is 5.92 Å². The van der Waals surface area contributed by atoms with Crippen molar-refractivity contribution in [2.45, 2.75) is 19.8 Å². The zero-order valence-electron chi connectivity index (χ0n) is 12.6. The van der Waals surface area contributed by atoms with E-state index in [4.69, 9.17) is 9.47 Å². The van der Waals surface area contributed by atoms with E-state index in [1.54, 1.807) is 43.8 Å². The lowest BCUT2D eigenvalue weighted by Gasteiger charge is -2.12. The van der Waals surface area contributed by atoms with Crippen LogP contribution in [0.1, 0.15) is 24.6 Å². The molecule has 0 bridgehead atoms. The van der Waals surface area contributed by atoms with E-state index in [1.807, 2.05) is 18.2 Å². The second kappa shape index (κ2) is 10.5. The molecule has 0 aliphatic rings. The van der Waals surface area contributed by atoms with Crippen molar-refractivity contribution in [3.8, 4) is 0 Å². The molecule has 2 rings (SSSR count). The number of esters is 2. The number of rotatable bonds is 5. The molecule has 0 N–H and O–H groups in total. The van der Waals surface area contributed by atoms with Crippen molar-refractivity contribution in [2.75, 3.05) is 13.2 Å². The van der Waals surface area contributed by atoms with Gasteiger partial charge in [0.25, 0.3) is 0 Å². The average Bonchev–Trinajstić information content (AvgIpc) is 3.04. The molecule has 0 unspecified atom stereocenters. The normalized spacial score (nSPS) is 9.59. The summed E-state index contributed by atoms with van der Waals surface area (Å²) in [6.45, 7) is 3.91. The fourth-order valence-electron chi connectivity index (χ4n) is 1.55. The molecule has 0 amide bonds. The molecular formula is C16H19NO4S. The lowest BCUT2D eigenvalue weighted by atomic mass is 10.1. The molecule has 0 spiro atoms. The number of nitrogens with zero attached hydrogens (tertiary/aromatic N) is 1. The standard InChI is InChI=1S/C11H14O4S.C5H5N/c1-3-14-10(12)9(11(13)15-4-2)8-6-5-7-16-8;1-2-4-6-5-3-1/h5-7,9H,3-4H2,1-2H3;1-5H. The van der Waals surface area contributed by atoms with Crippen LogP contribution in [-0.4, -0.2) is 30.1 Å². The van der Waals surface area contributed by atoms with Crippen LogP contribution < -0.4 is 0 Å². The minimum absolute atomic E-state index is 0.250. The summed E-state index contributed by atoms with van der Waals surface area (Å²) in [7, 11) is 0. The summed E-state index contributed by atoms with van der Waals surface area (Å²) in [4.78, 5) is 27.7. The molecule has 0 aliphatic carbocycles. The second-order valence-corrected chi connectivity index (χ2v) is 4.96. The maximum Gasteiger partial charge on any atom is 0.325 e. The Balaban J connectivity index is 0.000000335. The fourth-order valence-corrected chi connectivity index (χ4v) is 2.35. The summed E-state index contributed by atoms with van der Waals surface area (Å²) in [6, 6.07) is 9.22. The molecule has 118 valence electrons. The Labute approximate surface area is 133 Å². The number of hydrogen-bond acceptors (Lipinski definition) is 6.